The minimum Gasteiger partial charge on any atom is -0.468 e. The van der Waals surface area contributed by atoms with Gasteiger partial charge in [-0.05, 0) is 18.6 Å². The molecule has 2 saturated heterocycles. The van der Waals surface area contributed by atoms with Crippen LogP contribution in [0.2, 0.25) is 0 Å². The van der Waals surface area contributed by atoms with Gasteiger partial charge in [0.25, 0.3) is 0 Å². The number of methoxy groups -OCH3 is 1. The summed E-state index contributed by atoms with van der Waals surface area (Å²) in [6.45, 7) is 0.155. The van der Waals surface area contributed by atoms with Crippen molar-refractivity contribution >= 4 is 24.0 Å². The van der Waals surface area contributed by atoms with Crippen molar-refractivity contribution in [2.24, 2.45) is 5.92 Å². The molecule has 2 fully saturated rings. The number of rotatable bonds is 11. The fraction of sp³-hybridized carbons (Fsp3) is 0.531. The van der Waals surface area contributed by atoms with Gasteiger partial charge < -0.3 is 68.9 Å². The number of carbonyl (C=O) groups excluding carboxylic acids is 3. The van der Waals surface area contributed by atoms with E-state index in [2.05, 4.69) is 0 Å². The van der Waals surface area contributed by atoms with Crippen molar-refractivity contribution in [1.82, 2.24) is 0 Å². The largest absolute Gasteiger partial charge is 0.468 e. The van der Waals surface area contributed by atoms with Gasteiger partial charge in [-0.2, -0.15) is 0 Å². The fourth-order valence-electron chi connectivity index (χ4n) is 5.36. The summed E-state index contributed by atoms with van der Waals surface area (Å²) in [5, 5.41) is 71.3. The van der Waals surface area contributed by atoms with E-state index in [-0.39, 0.29) is 11.1 Å². The topological polar surface area (TPSA) is 257 Å². The van der Waals surface area contributed by atoms with Crippen molar-refractivity contribution in [2.45, 2.75) is 81.0 Å². The van der Waals surface area contributed by atoms with Gasteiger partial charge >= 0.3 is 17.9 Å². The van der Waals surface area contributed by atoms with E-state index in [0.29, 0.717) is 5.56 Å². The molecule has 0 aliphatic carbocycles. The van der Waals surface area contributed by atoms with Crippen molar-refractivity contribution in [3.8, 4) is 0 Å². The van der Waals surface area contributed by atoms with Gasteiger partial charge in [-0.25, -0.2) is 9.59 Å². The number of ether oxygens (including phenoxy) is 7. The highest BCUT2D eigenvalue weighted by Crippen LogP contribution is 2.36. The maximum Gasteiger partial charge on any atom is 0.337 e. The molecule has 12 atom stereocenters. The van der Waals surface area contributed by atoms with E-state index in [1.165, 1.54) is 19.1 Å². The van der Waals surface area contributed by atoms with Crippen LogP contribution >= 0.6 is 0 Å². The highest BCUT2D eigenvalue weighted by Gasteiger charge is 2.48. The van der Waals surface area contributed by atoms with Crippen LogP contribution in [0.15, 0.2) is 59.9 Å². The average molecular weight is 697 g/mol. The Kier molecular flexibility index (Phi) is 13.4. The molecule has 0 saturated carbocycles. The Morgan fingerprint density at radius 2 is 1.49 bits per heavy atom. The molecule has 1 aromatic carbocycles. The predicted molar refractivity (Wildman–Crippen MR) is 161 cm³/mol. The Morgan fingerprint density at radius 3 is 2.12 bits per heavy atom. The first-order chi connectivity index (χ1) is 23.4. The Morgan fingerprint density at radius 1 is 0.857 bits per heavy atom. The van der Waals surface area contributed by atoms with E-state index in [0.717, 1.165) is 19.4 Å². The zero-order valence-corrected chi connectivity index (χ0v) is 26.5. The van der Waals surface area contributed by atoms with E-state index >= 15 is 0 Å². The summed E-state index contributed by atoms with van der Waals surface area (Å²) in [6.07, 6.45) is -13.6. The zero-order valence-electron chi connectivity index (χ0n) is 26.5. The van der Waals surface area contributed by atoms with E-state index in [1.807, 2.05) is 0 Å². The molecule has 1 aromatic rings. The number of allylic oxidation sites excluding steroid dienone is 1. The second kappa shape index (κ2) is 17.3. The number of esters is 3. The van der Waals surface area contributed by atoms with Crippen LogP contribution in [0.1, 0.15) is 18.9 Å². The first-order valence-electron chi connectivity index (χ1n) is 15.2. The number of aliphatic hydroxyl groups is 7. The lowest BCUT2D eigenvalue weighted by molar-refractivity contribution is -0.327. The molecule has 0 spiro atoms. The minimum atomic E-state index is -1.84. The van der Waals surface area contributed by atoms with Gasteiger partial charge in [0, 0.05) is 17.6 Å². The summed E-state index contributed by atoms with van der Waals surface area (Å²) in [6, 6.07) is 8.77. The molecule has 7 N–H and O–H groups in total. The molecule has 3 aliphatic heterocycles. The summed E-state index contributed by atoms with van der Waals surface area (Å²) in [7, 11) is 1.10. The third-order valence-corrected chi connectivity index (χ3v) is 8.12. The highest BCUT2D eigenvalue weighted by atomic mass is 16.8. The molecule has 0 bridgehead atoms. The molecule has 0 aromatic heterocycles. The van der Waals surface area contributed by atoms with Crippen molar-refractivity contribution < 1.29 is 83.3 Å². The molecule has 3 aliphatic rings. The molecule has 17 nitrogen and oxygen atoms in total. The quantitative estimate of drug-likeness (QED) is 0.0559. The smallest absolute Gasteiger partial charge is 0.337 e. The second-order valence-electron chi connectivity index (χ2n) is 11.3. The molecular formula is C32H40O17. The molecular weight excluding hydrogens is 656 g/mol. The number of hydrogen-bond acceptors (Lipinski definition) is 17. The lowest BCUT2D eigenvalue weighted by Crippen LogP contribution is -2.60. The van der Waals surface area contributed by atoms with Crippen LogP contribution in [-0.4, -0.2) is 142 Å². The molecule has 4 rings (SSSR count). The van der Waals surface area contributed by atoms with Crippen molar-refractivity contribution in [3.63, 3.8) is 0 Å². The standard InChI is InChI=1S/C32H40O17/c1-3-16-17(18(29(42)43-2)13-45-30(16)49-32-28(41)25(38)23(36)19(12-33)46-32)11-22(35)44-14-20-24(37)26(39)27(40)31(47-20)48-21(34)10-9-15-7-5-4-6-8-15/h3-10,13,17,19-20,23-28,30-33,36-41H,11-12,14H2,1-2H3/b10-9+,16-3+/t17-,19+,20+,23+,24-,25-,26-,27+,28+,30-,31-,32-/m0/s1. The van der Waals surface area contributed by atoms with E-state index in [1.54, 1.807) is 30.3 Å². The fourth-order valence-corrected chi connectivity index (χ4v) is 5.36. The molecule has 3 heterocycles. The van der Waals surface area contributed by atoms with E-state index in [9.17, 15) is 50.1 Å². The van der Waals surface area contributed by atoms with Gasteiger partial charge in [0.15, 0.2) is 6.29 Å². The van der Waals surface area contributed by atoms with E-state index in [4.69, 9.17) is 33.2 Å². The SMILES string of the molecule is C/C=C1/[C@H](O[C@@H]2O[C@H](CO)[C@@H](O)[C@H](O)[C@H]2O)OC=C(C(=O)OC)[C@H]1CC(=O)OC[C@H]1O[C@@H](OC(=O)/C=C/c2ccccc2)[C@H](O)[C@@H](O)[C@H]1O. The van der Waals surface area contributed by atoms with E-state index < -0.39 is 111 Å². The highest BCUT2D eigenvalue weighted by molar-refractivity contribution is 5.90. The maximum absolute atomic E-state index is 13.1. The normalized spacial score (nSPS) is 35.7. The van der Waals surface area contributed by atoms with Crippen LogP contribution in [0.5, 0.6) is 0 Å². The number of benzene rings is 1. The molecule has 0 amide bonds. The van der Waals surface area contributed by atoms with Crippen LogP contribution in [0.25, 0.3) is 6.08 Å². The molecule has 49 heavy (non-hydrogen) atoms. The number of carbonyl (C=O) groups is 3. The lowest BCUT2D eigenvalue weighted by Gasteiger charge is -2.42. The third kappa shape index (κ3) is 9.08. The minimum absolute atomic E-state index is 0.121. The van der Waals surface area contributed by atoms with Crippen molar-refractivity contribution in [1.29, 1.82) is 0 Å². The Hall–Kier alpha value is -3.75. The summed E-state index contributed by atoms with van der Waals surface area (Å²) < 4.78 is 37.3. The molecule has 17 heteroatoms. The molecule has 270 valence electrons. The van der Waals surface area contributed by atoms with Gasteiger partial charge in [-0.3, -0.25) is 4.79 Å². The van der Waals surface area contributed by atoms with Crippen LogP contribution in [-0.2, 0) is 47.5 Å². The summed E-state index contributed by atoms with van der Waals surface area (Å²) in [4.78, 5) is 38.1. The van der Waals surface area contributed by atoms with Gasteiger partial charge in [-0.1, -0.05) is 36.4 Å². The van der Waals surface area contributed by atoms with Crippen LogP contribution in [0.4, 0.5) is 0 Å². The molecule has 0 radical (unpaired) electrons. The van der Waals surface area contributed by atoms with Crippen molar-refractivity contribution in [2.75, 3.05) is 20.3 Å². The monoisotopic (exact) mass is 696 g/mol. The zero-order chi connectivity index (χ0) is 35.8. The summed E-state index contributed by atoms with van der Waals surface area (Å²) >= 11 is 0. The number of hydrogen-bond donors (Lipinski definition) is 7. The van der Waals surface area contributed by atoms with Gasteiger partial charge in [0.05, 0.1) is 32.0 Å². The Bertz CT molecular complexity index is 1380. The summed E-state index contributed by atoms with van der Waals surface area (Å²) in [5.41, 5.74) is 0.733. The van der Waals surface area contributed by atoms with Crippen LogP contribution in [0, 0.1) is 5.92 Å². The predicted octanol–water partition coefficient (Wildman–Crippen LogP) is -2.22. The lowest BCUT2D eigenvalue weighted by atomic mass is 9.86. The van der Waals surface area contributed by atoms with Crippen molar-refractivity contribution in [3.05, 3.63) is 65.5 Å². The molecule has 0 unspecified atom stereocenters. The van der Waals surface area contributed by atoms with Gasteiger partial charge in [0.1, 0.15) is 55.4 Å². The summed E-state index contributed by atoms with van der Waals surface area (Å²) in [5.74, 6) is -3.82. The maximum atomic E-state index is 13.1. The van der Waals surface area contributed by atoms with Crippen LogP contribution in [0.3, 0.4) is 0 Å². The Balaban J connectivity index is 1.41. The average Bonchev–Trinajstić information content (AvgIpc) is 3.10. The van der Waals surface area contributed by atoms with Crippen LogP contribution < -0.4 is 0 Å². The van der Waals surface area contributed by atoms with Gasteiger partial charge in [0.2, 0.25) is 12.6 Å². The Labute approximate surface area is 280 Å². The third-order valence-electron chi connectivity index (χ3n) is 8.12. The first kappa shape index (κ1) is 38.1. The van der Waals surface area contributed by atoms with Gasteiger partial charge in [-0.15, -0.1) is 0 Å². The first-order valence-corrected chi connectivity index (χ1v) is 15.2. The number of aliphatic hydroxyl groups excluding tert-OH is 7. The second-order valence-corrected chi connectivity index (χ2v) is 11.3.